The van der Waals surface area contributed by atoms with Crippen molar-refractivity contribution in [3.8, 4) is 0 Å². The molecule has 1 N–H and O–H groups in total. The number of urea groups is 1. The number of ether oxygens (including phenoxy) is 1. The van der Waals surface area contributed by atoms with Crippen LogP contribution in [0.1, 0.15) is 68.9 Å². The topological polar surface area (TPSA) is 79.0 Å². The van der Waals surface area contributed by atoms with Crippen molar-refractivity contribution in [2.45, 2.75) is 69.7 Å². The first-order chi connectivity index (χ1) is 16.0. The highest BCUT2D eigenvalue weighted by molar-refractivity contribution is 7.88. The molecule has 1 saturated carbocycles. The second-order valence-corrected chi connectivity index (χ2v) is 11.0. The lowest BCUT2D eigenvalue weighted by molar-refractivity contribution is -0.146. The van der Waals surface area contributed by atoms with Crippen LogP contribution in [-0.4, -0.2) is 62.0 Å². The lowest BCUT2D eigenvalue weighted by Gasteiger charge is -2.46. The highest BCUT2D eigenvalue weighted by atomic mass is 32.2. The Balaban J connectivity index is 1.71. The second kappa shape index (κ2) is 10.8. The summed E-state index contributed by atoms with van der Waals surface area (Å²) in [5.41, 5.74) is -1.26. The quantitative estimate of drug-likeness (QED) is 0.553. The first kappa shape index (κ1) is 26.7. The molecule has 1 aromatic carbocycles. The zero-order valence-electron chi connectivity index (χ0n) is 19.7. The predicted octanol–water partition coefficient (Wildman–Crippen LogP) is 4.51. The summed E-state index contributed by atoms with van der Waals surface area (Å²) in [6.07, 6.45) is 1.26. The fourth-order valence-electron chi connectivity index (χ4n) is 5.10. The minimum Gasteiger partial charge on any atom is -0.339 e. The van der Waals surface area contributed by atoms with Crippen LogP contribution in [0.3, 0.4) is 0 Å². The number of carbonyl (C=O) groups is 1. The third kappa shape index (κ3) is 6.42. The van der Waals surface area contributed by atoms with Crippen LogP contribution >= 0.6 is 0 Å². The number of halogens is 3. The molecule has 34 heavy (non-hydrogen) atoms. The Kier molecular flexibility index (Phi) is 8.51. The van der Waals surface area contributed by atoms with E-state index in [2.05, 4.69) is 5.32 Å². The van der Waals surface area contributed by atoms with Gasteiger partial charge in [-0.3, -0.25) is 0 Å². The predicted molar refractivity (Wildman–Crippen MR) is 123 cm³/mol. The largest absolute Gasteiger partial charge is 0.416 e. The third-order valence-corrected chi connectivity index (χ3v) is 8.19. The Morgan fingerprint density at radius 1 is 1.21 bits per heavy atom. The van der Waals surface area contributed by atoms with Gasteiger partial charge in [-0.1, -0.05) is 25.1 Å². The summed E-state index contributed by atoms with van der Waals surface area (Å²) in [6.45, 7) is 3.13. The van der Waals surface area contributed by atoms with E-state index in [9.17, 15) is 26.4 Å². The molecule has 0 unspecified atom stereocenters. The number of sulfonamides is 1. The molecule has 1 aromatic rings. The molecule has 0 spiro atoms. The van der Waals surface area contributed by atoms with E-state index in [0.29, 0.717) is 44.3 Å². The maximum atomic E-state index is 13.1. The van der Waals surface area contributed by atoms with Crippen molar-refractivity contribution in [3.05, 3.63) is 35.4 Å². The molecule has 3 rings (SSSR count). The van der Waals surface area contributed by atoms with Crippen LogP contribution in [0.2, 0.25) is 0 Å². The summed E-state index contributed by atoms with van der Waals surface area (Å²) in [5, 5.41) is 2.74. The van der Waals surface area contributed by atoms with Gasteiger partial charge < -0.3 is 15.0 Å². The van der Waals surface area contributed by atoms with E-state index < -0.39 is 27.5 Å². The van der Waals surface area contributed by atoms with Crippen molar-refractivity contribution in [1.29, 1.82) is 0 Å². The van der Waals surface area contributed by atoms with Crippen molar-refractivity contribution in [2.75, 3.05) is 32.6 Å². The van der Waals surface area contributed by atoms with Crippen LogP contribution in [-0.2, 0) is 20.9 Å². The number of hydrogen-bond acceptors (Lipinski definition) is 4. The molecule has 2 amide bonds. The lowest BCUT2D eigenvalue weighted by Crippen LogP contribution is -2.56. The Labute approximate surface area is 199 Å². The van der Waals surface area contributed by atoms with Crippen LogP contribution in [0, 0.1) is 0 Å². The zero-order valence-corrected chi connectivity index (χ0v) is 20.6. The number of alkyl halides is 3. The van der Waals surface area contributed by atoms with Crippen molar-refractivity contribution < 1.29 is 31.1 Å². The smallest absolute Gasteiger partial charge is 0.339 e. The number of likely N-dealkylation sites (tertiary alicyclic amines) is 1. The molecule has 0 radical (unpaired) electrons. The number of nitrogens with zero attached hydrogens (tertiary/aromatic N) is 2. The van der Waals surface area contributed by atoms with Crippen LogP contribution in [0.4, 0.5) is 18.0 Å². The summed E-state index contributed by atoms with van der Waals surface area (Å²) in [5.74, 6) is -0.139. The van der Waals surface area contributed by atoms with Gasteiger partial charge in [-0.15, -0.1) is 0 Å². The van der Waals surface area contributed by atoms with E-state index in [4.69, 9.17) is 4.74 Å². The van der Waals surface area contributed by atoms with Crippen molar-refractivity contribution in [1.82, 2.24) is 14.5 Å². The van der Waals surface area contributed by atoms with Gasteiger partial charge >= 0.3 is 12.2 Å². The molecule has 2 aliphatic rings. The second-order valence-electron chi connectivity index (χ2n) is 9.09. The molecule has 0 atom stereocenters. The molecule has 192 valence electrons. The van der Waals surface area contributed by atoms with E-state index in [1.807, 2.05) is 0 Å². The van der Waals surface area contributed by atoms with E-state index in [1.165, 1.54) is 16.4 Å². The summed E-state index contributed by atoms with van der Waals surface area (Å²) in [6, 6.07) is 5.07. The van der Waals surface area contributed by atoms with Gasteiger partial charge in [0.15, 0.2) is 0 Å². The normalized spacial score (nSPS) is 24.3. The first-order valence-electron chi connectivity index (χ1n) is 11.8. The zero-order chi connectivity index (χ0) is 25.0. The number of nitrogens with one attached hydrogen (secondary N) is 1. The Bertz CT molecular complexity index is 941. The minimum absolute atomic E-state index is 0.139. The van der Waals surface area contributed by atoms with E-state index in [1.54, 1.807) is 17.9 Å². The van der Waals surface area contributed by atoms with Crippen LogP contribution in [0.5, 0.6) is 0 Å². The summed E-state index contributed by atoms with van der Waals surface area (Å²) >= 11 is 0. The van der Waals surface area contributed by atoms with Crippen LogP contribution < -0.4 is 5.32 Å². The number of hydrogen-bond donors (Lipinski definition) is 1. The van der Waals surface area contributed by atoms with Gasteiger partial charge in [0.25, 0.3) is 0 Å². The average molecular weight is 506 g/mol. The fraction of sp³-hybridized carbons (Fsp3) is 0.696. The first-order valence-corrected chi connectivity index (χ1v) is 13.6. The Morgan fingerprint density at radius 2 is 1.85 bits per heavy atom. The molecule has 0 aromatic heterocycles. The third-order valence-electron chi connectivity index (χ3n) is 6.80. The van der Waals surface area contributed by atoms with Crippen molar-refractivity contribution in [2.24, 2.45) is 0 Å². The maximum Gasteiger partial charge on any atom is 0.416 e. The van der Waals surface area contributed by atoms with Gasteiger partial charge in [0.1, 0.15) is 12.5 Å². The van der Waals surface area contributed by atoms with Gasteiger partial charge in [-0.2, -0.15) is 17.5 Å². The monoisotopic (exact) mass is 505 g/mol. The van der Waals surface area contributed by atoms with Gasteiger partial charge in [0.2, 0.25) is 10.0 Å². The minimum atomic E-state index is -4.42. The van der Waals surface area contributed by atoms with Gasteiger partial charge in [0.05, 0.1) is 11.8 Å². The SMILES string of the molecule is CCN(C1(OCNC(=O)N2CCCCC2)CCC(c2cccc(C(F)(F)F)c2)CC1)S(C)(=O)=O. The van der Waals surface area contributed by atoms with E-state index >= 15 is 0 Å². The van der Waals surface area contributed by atoms with E-state index in [-0.39, 0.29) is 25.2 Å². The number of piperidine rings is 1. The number of benzene rings is 1. The summed E-state index contributed by atoms with van der Waals surface area (Å²) in [4.78, 5) is 14.2. The highest BCUT2D eigenvalue weighted by Crippen LogP contribution is 2.43. The molecule has 1 heterocycles. The maximum absolute atomic E-state index is 13.1. The number of carbonyl (C=O) groups excluding carboxylic acids is 1. The highest BCUT2D eigenvalue weighted by Gasteiger charge is 2.45. The Morgan fingerprint density at radius 3 is 2.41 bits per heavy atom. The number of rotatable bonds is 7. The molecule has 1 aliphatic carbocycles. The van der Waals surface area contributed by atoms with Crippen molar-refractivity contribution >= 4 is 16.1 Å². The average Bonchev–Trinajstić information content (AvgIpc) is 2.79. The molecule has 2 fully saturated rings. The molecule has 1 aliphatic heterocycles. The van der Waals surface area contributed by atoms with Gasteiger partial charge in [-0.25, -0.2) is 13.2 Å². The molecule has 0 bridgehead atoms. The van der Waals surface area contributed by atoms with Gasteiger partial charge in [-0.05, 0) is 62.5 Å². The summed E-state index contributed by atoms with van der Waals surface area (Å²) in [7, 11) is -3.62. The standard InChI is InChI=1S/C23H34F3N3O4S/c1-3-29(34(2,31)32)22(33-17-27-21(30)28-14-5-4-6-15-28)12-10-18(11-13-22)19-8-7-9-20(16-19)23(24,25)26/h7-9,16,18H,3-6,10-15,17H2,1-2H3,(H,27,30). The lowest BCUT2D eigenvalue weighted by atomic mass is 9.79. The molecular formula is C23H34F3N3O4S. The Hall–Kier alpha value is -1.85. The van der Waals surface area contributed by atoms with Gasteiger partial charge in [0, 0.05) is 19.6 Å². The fourth-order valence-corrected chi connectivity index (χ4v) is 6.41. The molecule has 7 nitrogen and oxygen atoms in total. The molecular weight excluding hydrogens is 471 g/mol. The van der Waals surface area contributed by atoms with Crippen molar-refractivity contribution in [3.63, 3.8) is 0 Å². The number of amides is 2. The molecule has 1 saturated heterocycles. The van der Waals surface area contributed by atoms with E-state index in [0.717, 1.165) is 31.6 Å². The van der Waals surface area contributed by atoms with Crippen LogP contribution in [0.15, 0.2) is 24.3 Å². The summed E-state index contributed by atoms with van der Waals surface area (Å²) < 4.78 is 71.9. The van der Waals surface area contributed by atoms with Crippen LogP contribution in [0.25, 0.3) is 0 Å². The molecule has 11 heteroatoms.